The number of anilines is 1. The zero-order valence-corrected chi connectivity index (χ0v) is 17.5. The lowest BCUT2D eigenvalue weighted by molar-refractivity contribution is -0.116. The van der Waals surface area contributed by atoms with Gasteiger partial charge in [-0.05, 0) is 41.8 Å². The molecule has 0 atom stereocenters. The molecule has 2 aromatic carbocycles. The van der Waals surface area contributed by atoms with Gasteiger partial charge in [-0.15, -0.1) is 11.3 Å². The first-order chi connectivity index (χ1) is 14.1. The van der Waals surface area contributed by atoms with Crippen LogP contribution in [0.2, 0.25) is 0 Å². The number of ether oxygens (including phenoxy) is 3. The zero-order valence-electron chi connectivity index (χ0n) is 16.7. The van der Waals surface area contributed by atoms with E-state index in [-0.39, 0.29) is 5.91 Å². The third-order valence-corrected chi connectivity index (χ3v) is 5.34. The highest BCUT2D eigenvalue weighted by molar-refractivity contribution is 7.15. The Morgan fingerprint density at radius 1 is 0.966 bits per heavy atom. The number of amides is 1. The van der Waals surface area contributed by atoms with Crippen LogP contribution in [0.5, 0.6) is 17.2 Å². The van der Waals surface area contributed by atoms with Gasteiger partial charge in [0.05, 0.1) is 21.3 Å². The molecule has 6 nitrogen and oxygen atoms in total. The molecule has 0 fully saturated rings. The predicted octanol–water partition coefficient (Wildman–Crippen LogP) is 4.33. The summed E-state index contributed by atoms with van der Waals surface area (Å²) in [7, 11) is 4.87. The Hall–Kier alpha value is -3.06. The van der Waals surface area contributed by atoms with E-state index in [2.05, 4.69) is 10.3 Å². The average molecular weight is 413 g/mol. The predicted molar refractivity (Wildman–Crippen MR) is 114 cm³/mol. The number of carbonyl (C=O) groups excluding carboxylic acids is 1. The Morgan fingerprint density at radius 3 is 2.38 bits per heavy atom. The van der Waals surface area contributed by atoms with Crippen molar-refractivity contribution >= 4 is 22.4 Å². The van der Waals surface area contributed by atoms with Gasteiger partial charge in [-0.2, -0.15) is 0 Å². The monoisotopic (exact) mass is 412 g/mol. The minimum absolute atomic E-state index is 0.0483. The maximum atomic E-state index is 12.2. The van der Waals surface area contributed by atoms with Crippen molar-refractivity contribution in [1.82, 2.24) is 4.98 Å². The van der Waals surface area contributed by atoms with Crippen molar-refractivity contribution in [1.29, 1.82) is 0 Å². The molecule has 0 radical (unpaired) electrons. The van der Waals surface area contributed by atoms with E-state index in [1.807, 2.05) is 42.5 Å². The molecular weight excluding hydrogens is 388 g/mol. The van der Waals surface area contributed by atoms with Gasteiger partial charge < -0.3 is 19.5 Å². The van der Waals surface area contributed by atoms with Gasteiger partial charge in [-0.3, -0.25) is 4.79 Å². The van der Waals surface area contributed by atoms with Crippen molar-refractivity contribution in [3.8, 4) is 17.2 Å². The van der Waals surface area contributed by atoms with E-state index in [0.29, 0.717) is 35.9 Å². The molecule has 1 aromatic heterocycles. The van der Waals surface area contributed by atoms with Crippen molar-refractivity contribution in [3.05, 3.63) is 64.7 Å². The Balaban J connectivity index is 1.53. The maximum Gasteiger partial charge on any atom is 0.226 e. The zero-order chi connectivity index (χ0) is 20.6. The van der Waals surface area contributed by atoms with Crippen LogP contribution in [-0.2, 0) is 17.6 Å². The summed E-state index contributed by atoms with van der Waals surface area (Å²) in [5.74, 6) is 2.16. The second-order valence-corrected chi connectivity index (χ2v) is 7.51. The van der Waals surface area contributed by atoms with Gasteiger partial charge in [0, 0.05) is 23.9 Å². The van der Waals surface area contributed by atoms with Crippen LogP contribution in [0.1, 0.15) is 22.4 Å². The first-order valence-electron chi connectivity index (χ1n) is 9.19. The summed E-state index contributed by atoms with van der Waals surface area (Å²) in [5, 5.41) is 3.49. The van der Waals surface area contributed by atoms with Crippen molar-refractivity contribution in [3.63, 3.8) is 0 Å². The quantitative estimate of drug-likeness (QED) is 0.566. The summed E-state index contributed by atoms with van der Waals surface area (Å²) in [4.78, 5) is 17.6. The SMILES string of the molecule is COc1ccc(CCC(=O)Nc2ncc(Cc3ccc(OC)c(OC)c3)s2)cc1. The van der Waals surface area contributed by atoms with Gasteiger partial charge >= 0.3 is 0 Å². The molecule has 0 aliphatic carbocycles. The average Bonchev–Trinajstić information content (AvgIpc) is 3.19. The minimum Gasteiger partial charge on any atom is -0.497 e. The second kappa shape index (κ2) is 9.93. The number of thiazole rings is 1. The molecule has 0 aliphatic heterocycles. The van der Waals surface area contributed by atoms with Gasteiger partial charge in [0.1, 0.15) is 5.75 Å². The molecular formula is C22H24N2O4S. The number of aryl methyl sites for hydroxylation is 1. The Kier molecular flexibility index (Phi) is 7.08. The van der Waals surface area contributed by atoms with E-state index < -0.39 is 0 Å². The van der Waals surface area contributed by atoms with Gasteiger partial charge in [0.25, 0.3) is 0 Å². The molecule has 3 aromatic rings. The lowest BCUT2D eigenvalue weighted by atomic mass is 10.1. The molecule has 0 aliphatic rings. The van der Waals surface area contributed by atoms with E-state index in [4.69, 9.17) is 14.2 Å². The van der Waals surface area contributed by atoms with Crippen LogP contribution in [0, 0.1) is 0 Å². The summed E-state index contributed by atoms with van der Waals surface area (Å²) in [5.41, 5.74) is 2.18. The Morgan fingerprint density at radius 2 is 1.69 bits per heavy atom. The summed E-state index contributed by atoms with van der Waals surface area (Å²) < 4.78 is 15.8. The fourth-order valence-electron chi connectivity index (χ4n) is 2.87. The van der Waals surface area contributed by atoms with Crippen molar-refractivity contribution < 1.29 is 19.0 Å². The third-order valence-electron chi connectivity index (χ3n) is 4.43. The van der Waals surface area contributed by atoms with E-state index in [1.54, 1.807) is 27.5 Å². The summed E-state index contributed by atoms with van der Waals surface area (Å²) in [6.07, 6.45) is 3.57. The molecule has 7 heteroatoms. The van der Waals surface area contributed by atoms with Gasteiger partial charge in [-0.25, -0.2) is 4.98 Å². The number of hydrogen-bond acceptors (Lipinski definition) is 6. The first kappa shape index (κ1) is 20.7. The van der Waals surface area contributed by atoms with Crippen LogP contribution in [0.25, 0.3) is 0 Å². The fourth-order valence-corrected chi connectivity index (χ4v) is 3.73. The fraction of sp³-hybridized carbons (Fsp3) is 0.273. The largest absolute Gasteiger partial charge is 0.497 e. The van der Waals surface area contributed by atoms with Gasteiger partial charge in [-0.1, -0.05) is 18.2 Å². The highest BCUT2D eigenvalue weighted by Crippen LogP contribution is 2.29. The van der Waals surface area contributed by atoms with Crippen LogP contribution >= 0.6 is 11.3 Å². The number of aromatic nitrogens is 1. The summed E-state index contributed by atoms with van der Waals surface area (Å²) in [6, 6.07) is 13.6. The minimum atomic E-state index is -0.0483. The van der Waals surface area contributed by atoms with E-state index in [0.717, 1.165) is 21.8 Å². The molecule has 0 saturated heterocycles. The standard InChI is InChI=1S/C22H24N2O4S/c1-26-17-8-4-15(5-9-17)7-11-21(25)24-22-23-14-18(29-22)12-16-6-10-19(27-2)20(13-16)28-3/h4-6,8-10,13-14H,7,11-12H2,1-3H3,(H,23,24,25). The number of rotatable bonds is 9. The van der Waals surface area contributed by atoms with Crippen molar-refractivity contribution in [2.45, 2.75) is 19.3 Å². The molecule has 0 saturated carbocycles. The highest BCUT2D eigenvalue weighted by Gasteiger charge is 2.10. The van der Waals surface area contributed by atoms with Crippen LogP contribution in [-0.4, -0.2) is 32.2 Å². The van der Waals surface area contributed by atoms with Gasteiger partial charge in [0.2, 0.25) is 5.91 Å². The number of benzene rings is 2. The lowest BCUT2D eigenvalue weighted by Crippen LogP contribution is -2.11. The van der Waals surface area contributed by atoms with Gasteiger partial charge in [0.15, 0.2) is 16.6 Å². The number of hydrogen-bond donors (Lipinski definition) is 1. The maximum absolute atomic E-state index is 12.2. The van der Waals surface area contributed by atoms with Crippen molar-refractivity contribution in [2.24, 2.45) is 0 Å². The highest BCUT2D eigenvalue weighted by atomic mass is 32.1. The van der Waals surface area contributed by atoms with Crippen LogP contribution in [0.15, 0.2) is 48.7 Å². The first-order valence-corrected chi connectivity index (χ1v) is 10.0. The number of carbonyl (C=O) groups is 1. The van der Waals surface area contributed by atoms with E-state index >= 15 is 0 Å². The number of methoxy groups -OCH3 is 3. The third kappa shape index (κ3) is 5.71. The number of nitrogens with one attached hydrogen (secondary N) is 1. The second-order valence-electron chi connectivity index (χ2n) is 6.39. The molecule has 0 spiro atoms. The lowest BCUT2D eigenvalue weighted by Gasteiger charge is -2.08. The smallest absolute Gasteiger partial charge is 0.226 e. The van der Waals surface area contributed by atoms with E-state index in [9.17, 15) is 4.79 Å². The van der Waals surface area contributed by atoms with E-state index in [1.165, 1.54) is 11.3 Å². The Bertz CT molecular complexity index is 954. The summed E-state index contributed by atoms with van der Waals surface area (Å²) >= 11 is 1.47. The van der Waals surface area contributed by atoms with Crippen molar-refractivity contribution in [2.75, 3.05) is 26.6 Å². The molecule has 3 rings (SSSR count). The van der Waals surface area contributed by atoms with Crippen LogP contribution < -0.4 is 19.5 Å². The molecule has 1 N–H and O–H groups in total. The topological polar surface area (TPSA) is 69.7 Å². The molecule has 0 unspecified atom stereocenters. The molecule has 152 valence electrons. The summed E-state index contributed by atoms with van der Waals surface area (Å²) in [6.45, 7) is 0. The Labute approximate surface area is 174 Å². The van der Waals surface area contributed by atoms with Crippen LogP contribution in [0.3, 0.4) is 0 Å². The number of nitrogens with zero attached hydrogens (tertiary/aromatic N) is 1. The normalized spacial score (nSPS) is 10.4. The molecule has 29 heavy (non-hydrogen) atoms. The molecule has 0 bridgehead atoms. The molecule has 1 heterocycles. The molecule has 1 amide bonds. The van der Waals surface area contributed by atoms with Crippen LogP contribution in [0.4, 0.5) is 5.13 Å².